The number of rotatable bonds is 2. The molecule has 4 rings (SSSR count). The second-order valence-electron chi connectivity index (χ2n) is 6.57. The largest absolute Gasteiger partial charge is 0.348 e. The first-order chi connectivity index (χ1) is 10.7. The molecule has 1 aromatic carbocycles. The van der Waals surface area contributed by atoms with Crippen molar-refractivity contribution in [2.45, 2.75) is 50.1 Å². The molecule has 0 spiro atoms. The number of para-hydroxylation sites is 1. The number of hydrogen-bond donors (Lipinski definition) is 1. The van der Waals surface area contributed by atoms with E-state index < -0.39 is 0 Å². The molecule has 1 fully saturated rings. The average Bonchev–Trinajstić information content (AvgIpc) is 2.91. The van der Waals surface area contributed by atoms with Gasteiger partial charge in [-0.15, -0.1) is 11.8 Å². The number of benzene rings is 1. The number of aryl methyl sites for hydroxylation is 1. The van der Waals surface area contributed by atoms with Gasteiger partial charge in [-0.3, -0.25) is 4.79 Å². The number of thioether (sulfide) groups is 1. The Morgan fingerprint density at radius 2 is 2.18 bits per heavy atom. The average molecular weight is 314 g/mol. The van der Waals surface area contributed by atoms with Gasteiger partial charge >= 0.3 is 0 Å². The number of hydrogen-bond acceptors (Lipinski definition) is 2. The van der Waals surface area contributed by atoms with Crippen LogP contribution in [0.25, 0.3) is 10.9 Å². The minimum atomic E-state index is 0.104. The van der Waals surface area contributed by atoms with Crippen molar-refractivity contribution >= 4 is 28.6 Å². The summed E-state index contributed by atoms with van der Waals surface area (Å²) in [6.07, 6.45) is 4.89. The maximum Gasteiger partial charge on any atom is 0.268 e. The first-order valence-corrected chi connectivity index (χ1v) is 9.28. The maximum atomic E-state index is 12.8. The summed E-state index contributed by atoms with van der Waals surface area (Å²) in [4.78, 5) is 14.1. The van der Waals surface area contributed by atoms with Crippen LogP contribution in [0.2, 0.25) is 0 Å². The Morgan fingerprint density at radius 3 is 3.05 bits per heavy atom. The van der Waals surface area contributed by atoms with Gasteiger partial charge in [0.1, 0.15) is 5.69 Å². The Kier molecular flexibility index (Phi) is 3.65. The van der Waals surface area contributed by atoms with E-state index in [4.69, 9.17) is 0 Å². The third-order valence-electron chi connectivity index (χ3n) is 5.12. The van der Waals surface area contributed by atoms with Gasteiger partial charge in [0.05, 0.1) is 5.52 Å². The van der Waals surface area contributed by atoms with Crippen LogP contribution in [0.3, 0.4) is 0 Å². The van der Waals surface area contributed by atoms with Crippen LogP contribution in [0.15, 0.2) is 29.2 Å². The van der Waals surface area contributed by atoms with Crippen molar-refractivity contribution in [3.8, 4) is 0 Å². The molecular formula is C18H22N2OS. The first kappa shape index (κ1) is 14.2. The summed E-state index contributed by atoms with van der Waals surface area (Å²) in [6, 6.07) is 8.76. The Morgan fingerprint density at radius 1 is 1.32 bits per heavy atom. The predicted molar refractivity (Wildman–Crippen MR) is 91.5 cm³/mol. The molecule has 1 aliphatic carbocycles. The first-order valence-electron chi connectivity index (χ1n) is 8.30. The fourth-order valence-corrected chi connectivity index (χ4v) is 4.88. The summed E-state index contributed by atoms with van der Waals surface area (Å²) < 4.78 is 2.21. The summed E-state index contributed by atoms with van der Waals surface area (Å²) in [5.74, 6) is 1.74. The van der Waals surface area contributed by atoms with Gasteiger partial charge in [-0.05, 0) is 30.9 Å². The quantitative estimate of drug-likeness (QED) is 0.907. The lowest BCUT2D eigenvalue weighted by Crippen LogP contribution is -2.41. The van der Waals surface area contributed by atoms with Crippen molar-refractivity contribution < 1.29 is 4.79 Å². The van der Waals surface area contributed by atoms with Gasteiger partial charge in [0, 0.05) is 28.6 Å². The van der Waals surface area contributed by atoms with E-state index in [9.17, 15) is 4.79 Å². The highest BCUT2D eigenvalue weighted by Crippen LogP contribution is 2.34. The van der Waals surface area contributed by atoms with Crippen molar-refractivity contribution in [3.05, 3.63) is 30.0 Å². The minimum absolute atomic E-state index is 0.104. The molecule has 2 aliphatic rings. The number of carbonyl (C=O) groups is 1. The minimum Gasteiger partial charge on any atom is -0.348 e. The molecule has 3 nitrogen and oxygen atoms in total. The van der Waals surface area contributed by atoms with Crippen molar-refractivity contribution in [2.75, 3.05) is 5.75 Å². The zero-order valence-corrected chi connectivity index (χ0v) is 13.8. The van der Waals surface area contributed by atoms with Crippen molar-refractivity contribution in [1.29, 1.82) is 0 Å². The molecule has 2 aromatic rings. The normalized spacial score (nSPS) is 24.4. The smallest absolute Gasteiger partial charge is 0.268 e. The van der Waals surface area contributed by atoms with Crippen LogP contribution in [0.4, 0.5) is 0 Å². The van der Waals surface area contributed by atoms with E-state index in [1.54, 1.807) is 0 Å². The molecule has 2 atom stereocenters. The zero-order chi connectivity index (χ0) is 15.1. The lowest BCUT2D eigenvalue weighted by molar-refractivity contribution is 0.0901. The van der Waals surface area contributed by atoms with Gasteiger partial charge in [-0.1, -0.05) is 31.9 Å². The topological polar surface area (TPSA) is 34.0 Å². The Balaban J connectivity index is 1.66. The Bertz CT molecular complexity index is 721. The molecule has 0 bridgehead atoms. The number of amides is 1. The molecule has 4 heteroatoms. The zero-order valence-electron chi connectivity index (χ0n) is 13.0. The molecule has 116 valence electrons. The molecule has 2 heterocycles. The van der Waals surface area contributed by atoms with Crippen LogP contribution in [0.5, 0.6) is 0 Å². The van der Waals surface area contributed by atoms with Crippen LogP contribution in [-0.4, -0.2) is 22.3 Å². The number of nitrogens with zero attached hydrogens (tertiary/aromatic N) is 1. The highest BCUT2D eigenvalue weighted by Gasteiger charge is 2.26. The Labute approximate surface area is 135 Å². The second-order valence-corrected chi connectivity index (χ2v) is 7.70. The Hall–Kier alpha value is -1.42. The molecule has 0 unspecified atom stereocenters. The highest BCUT2D eigenvalue weighted by atomic mass is 32.2. The van der Waals surface area contributed by atoms with Gasteiger partial charge in [0.25, 0.3) is 5.91 Å². The standard InChI is InChI=1S/C18H22N2OS/c1-12-5-2-3-7-14(12)19-18(21)15-11-13-6-4-8-16-17(13)20(15)9-10-22-16/h4,6,8,11-12,14H,2-3,5,7,9-10H2,1H3,(H,19,21)/t12-,14-/m0/s1. The molecule has 1 amide bonds. The molecule has 1 N–H and O–H groups in total. The van der Waals surface area contributed by atoms with Gasteiger partial charge in [-0.2, -0.15) is 0 Å². The van der Waals surface area contributed by atoms with Gasteiger partial charge in [0.2, 0.25) is 0 Å². The van der Waals surface area contributed by atoms with Gasteiger partial charge < -0.3 is 9.88 Å². The van der Waals surface area contributed by atoms with Crippen LogP contribution < -0.4 is 5.32 Å². The van der Waals surface area contributed by atoms with Crippen LogP contribution >= 0.6 is 11.8 Å². The predicted octanol–water partition coefficient (Wildman–Crippen LogP) is 4.06. The van der Waals surface area contributed by atoms with E-state index in [0.29, 0.717) is 12.0 Å². The molecule has 22 heavy (non-hydrogen) atoms. The van der Waals surface area contributed by atoms with Crippen LogP contribution in [-0.2, 0) is 6.54 Å². The van der Waals surface area contributed by atoms with Crippen LogP contribution in [0, 0.1) is 5.92 Å². The summed E-state index contributed by atoms with van der Waals surface area (Å²) in [6.45, 7) is 3.19. The lowest BCUT2D eigenvalue weighted by Gasteiger charge is -2.29. The van der Waals surface area contributed by atoms with E-state index >= 15 is 0 Å². The summed E-state index contributed by atoms with van der Waals surface area (Å²) in [7, 11) is 0. The summed E-state index contributed by atoms with van der Waals surface area (Å²) >= 11 is 1.89. The highest BCUT2D eigenvalue weighted by molar-refractivity contribution is 7.99. The molecular weight excluding hydrogens is 292 g/mol. The SMILES string of the molecule is C[C@H]1CCCC[C@@H]1NC(=O)c1cc2cccc3c2n1CCS3. The van der Waals surface area contributed by atoms with E-state index in [0.717, 1.165) is 24.4 Å². The number of carbonyl (C=O) groups excluding carboxylic acids is 1. The maximum absolute atomic E-state index is 12.8. The number of nitrogens with one attached hydrogen (secondary N) is 1. The fraction of sp³-hybridized carbons (Fsp3) is 0.500. The summed E-state index contributed by atoms with van der Waals surface area (Å²) in [5, 5.41) is 4.48. The van der Waals surface area contributed by atoms with E-state index in [-0.39, 0.29) is 5.91 Å². The van der Waals surface area contributed by atoms with Gasteiger partial charge in [-0.25, -0.2) is 0 Å². The van der Waals surface area contributed by atoms with Crippen molar-refractivity contribution in [1.82, 2.24) is 9.88 Å². The summed E-state index contributed by atoms with van der Waals surface area (Å²) in [5.41, 5.74) is 2.07. The third-order valence-corrected chi connectivity index (χ3v) is 6.14. The van der Waals surface area contributed by atoms with Gasteiger partial charge in [0.15, 0.2) is 0 Å². The third kappa shape index (κ3) is 2.34. The lowest BCUT2D eigenvalue weighted by atomic mass is 9.86. The van der Waals surface area contributed by atoms with E-state index in [2.05, 4.69) is 41.1 Å². The fourth-order valence-electron chi connectivity index (χ4n) is 3.85. The van der Waals surface area contributed by atoms with E-state index in [1.807, 2.05) is 11.8 Å². The molecule has 1 aromatic heterocycles. The number of aromatic nitrogens is 1. The van der Waals surface area contributed by atoms with E-state index in [1.165, 1.54) is 35.1 Å². The molecule has 1 saturated carbocycles. The molecule has 0 saturated heterocycles. The molecule has 0 radical (unpaired) electrons. The van der Waals surface area contributed by atoms with Crippen LogP contribution in [0.1, 0.15) is 43.1 Å². The monoisotopic (exact) mass is 314 g/mol. The molecule has 1 aliphatic heterocycles. The second kappa shape index (κ2) is 5.65. The van der Waals surface area contributed by atoms with Crippen molar-refractivity contribution in [3.63, 3.8) is 0 Å². The van der Waals surface area contributed by atoms with Crippen molar-refractivity contribution in [2.24, 2.45) is 5.92 Å².